The van der Waals surface area contributed by atoms with Gasteiger partial charge in [0.2, 0.25) is 15.9 Å². The van der Waals surface area contributed by atoms with Crippen molar-refractivity contribution in [2.75, 3.05) is 27.5 Å². The zero-order valence-electron chi connectivity index (χ0n) is 16.7. The molecular weight excluding hydrogens is 380 g/mol. The molecule has 8 heteroatoms. The summed E-state index contributed by atoms with van der Waals surface area (Å²) in [7, 11) is 0.903. The Balaban J connectivity index is 2.36. The molecule has 152 valence electrons. The van der Waals surface area contributed by atoms with Gasteiger partial charge in [0.15, 0.2) is 0 Å². The number of sulfonamides is 1. The van der Waals surface area contributed by atoms with Crippen molar-refractivity contribution in [3.8, 4) is 11.5 Å². The molecule has 1 N–H and O–H groups in total. The Bertz CT molecular complexity index is 915. The number of benzene rings is 2. The van der Waals surface area contributed by atoms with Crippen LogP contribution in [-0.4, -0.2) is 46.2 Å². The van der Waals surface area contributed by atoms with E-state index in [2.05, 4.69) is 5.32 Å². The van der Waals surface area contributed by atoms with Crippen molar-refractivity contribution in [3.05, 3.63) is 59.7 Å². The van der Waals surface area contributed by atoms with E-state index in [9.17, 15) is 13.2 Å². The van der Waals surface area contributed by atoms with Gasteiger partial charge >= 0.3 is 0 Å². The van der Waals surface area contributed by atoms with Crippen LogP contribution in [0.25, 0.3) is 0 Å². The lowest BCUT2D eigenvalue weighted by atomic mass is 10.0. The van der Waals surface area contributed by atoms with Crippen LogP contribution in [-0.2, 0) is 14.8 Å². The number of carbonyl (C=O) groups is 1. The fraction of sp³-hybridized carbons (Fsp3) is 0.350. The summed E-state index contributed by atoms with van der Waals surface area (Å²) in [4.78, 5) is 13.1. The molecule has 0 aliphatic heterocycles. The summed E-state index contributed by atoms with van der Waals surface area (Å²) in [6, 6.07) is 12.7. The van der Waals surface area contributed by atoms with Crippen molar-refractivity contribution in [2.24, 2.45) is 0 Å². The highest BCUT2D eigenvalue weighted by molar-refractivity contribution is 7.88. The minimum Gasteiger partial charge on any atom is -0.497 e. The highest BCUT2D eigenvalue weighted by Gasteiger charge is 2.31. The van der Waals surface area contributed by atoms with Crippen LogP contribution in [0.2, 0.25) is 0 Å². The Kier molecular flexibility index (Phi) is 7.04. The molecule has 0 spiro atoms. The zero-order valence-corrected chi connectivity index (χ0v) is 17.5. The first-order valence-electron chi connectivity index (χ1n) is 8.69. The largest absolute Gasteiger partial charge is 0.497 e. The summed E-state index contributed by atoms with van der Waals surface area (Å²) >= 11 is 0. The molecule has 0 bridgehead atoms. The molecule has 0 aliphatic carbocycles. The van der Waals surface area contributed by atoms with Gasteiger partial charge in [-0.15, -0.1) is 0 Å². The second-order valence-electron chi connectivity index (χ2n) is 6.43. The lowest BCUT2D eigenvalue weighted by Gasteiger charge is -2.27. The van der Waals surface area contributed by atoms with Gasteiger partial charge in [0.05, 0.1) is 26.5 Å². The molecule has 0 saturated carbocycles. The molecule has 0 fully saturated rings. The molecule has 2 rings (SSSR count). The molecule has 7 nitrogen and oxygen atoms in total. The topological polar surface area (TPSA) is 84.9 Å². The molecule has 0 aliphatic rings. The van der Waals surface area contributed by atoms with Crippen LogP contribution >= 0.6 is 0 Å². The van der Waals surface area contributed by atoms with E-state index in [1.54, 1.807) is 63.6 Å². The van der Waals surface area contributed by atoms with Gasteiger partial charge in [0, 0.05) is 12.6 Å². The normalized spacial score (nSPS) is 13.6. The lowest BCUT2D eigenvalue weighted by molar-refractivity contribution is -0.125. The molecule has 2 aromatic rings. The SMILES string of the molecule is COc1ccc(OC)c([C@H](C)NC(=O)[C@H](c2ccccc2)N(C)S(C)(=O)=O)c1. The molecule has 28 heavy (non-hydrogen) atoms. The van der Waals surface area contributed by atoms with Crippen LogP contribution in [0, 0.1) is 0 Å². The average Bonchev–Trinajstić information content (AvgIpc) is 2.67. The zero-order chi connectivity index (χ0) is 20.9. The van der Waals surface area contributed by atoms with Gasteiger partial charge in [-0.3, -0.25) is 4.79 Å². The second kappa shape index (κ2) is 9.07. The third kappa shape index (κ3) is 5.02. The van der Waals surface area contributed by atoms with Gasteiger partial charge in [-0.25, -0.2) is 8.42 Å². The smallest absolute Gasteiger partial charge is 0.243 e. The van der Waals surface area contributed by atoms with Crippen molar-refractivity contribution < 1.29 is 22.7 Å². The van der Waals surface area contributed by atoms with Crippen molar-refractivity contribution in [2.45, 2.75) is 19.0 Å². The van der Waals surface area contributed by atoms with E-state index in [4.69, 9.17) is 9.47 Å². The minimum absolute atomic E-state index is 0.434. The van der Waals surface area contributed by atoms with Crippen molar-refractivity contribution in [1.82, 2.24) is 9.62 Å². The molecule has 2 atom stereocenters. The Morgan fingerprint density at radius 3 is 2.25 bits per heavy atom. The average molecular weight is 407 g/mol. The Hall–Kier alpha value is -2.58. The lowest BCUT2D eigenvalue weighted by Crippen LogP contribution is -2.42. The van der Waals surface area contributed by atoms with Crippen molar-refractivity contribution in [1.29, 1.82) is 0 Å². The van der Waals surface area contributed by atoms with Crippen molar-refractivity contribution in [3.63, 3.8) is 0 Å². The number of rotatable bonds is 8. The summed E-state index contributed by atoms with van der Waals surface area (Å²) in [5, 5.41) is 2.89. The maximum Gasteiger partial charge on any atom is 0.243 e. The fourth-order valence-corrected chi connectivity index (χ4v) is 3.50. The monoisotopic (exact) mass is 406 g/mol. The molecule has 0 radical (unpaired) electrons. The number of carbonyl (C=O) groups excluding carboxylic acids is 1. The third-order valence-corrected chi connectivity index (χ3v) is 5.77. The predicted molar refractivity (Wildman–Crippen MR) is 108 cm³/mol. The molecule has 2 aromatic carbocycles. The number of ether oxygens (including phenoxy) is 2. The summed E-state index contributed by atoms with van der Waals surface area (Å²) < 4.78 is 35.9. The molecule has 0 saturated heterocycles. The Morgan fingerprint density at radius 1 is 1.07 bits per heavy atom. The van der Waals surface area contributed by atoms with Gasteiger partial charge in [-0.05, 0) is 30.7 Å². The summed E-state index contributed by atoms with van der Waals surface area (Å²) in [5.41, 5.74) is 1.31. The number of amides is 1. The molecule has 1 amide bonds. The Labute approximate surface area is 166 Å². The van der Waals surface area contributed by atoms with Crippen molar-refractivity contribution >= 4 is 15.9 Å². The number of nitrogens with zero attached hydrogens (tertiary/aromatic N) is 1. The van der Waals surface area contributed by atoms with E-state index >= 15 is 0 Å². The summed E-state index contributed by atoms with van der Waals surface area (Å²) in [5.74, 6) is 0.794. The highest BCUT2D eigenvalue weighted by atomic mass is 32.2. The fourth-order valence-electron chi connectivity index (χ4n) is 2.90. The number of hydrogen-bond acceptors (Lipinski definition) is 5. The van der Waals surface area contributed by atoms with E-state index in [1.165, 1.54) is 7.05 Å². The van der Waals surface area contributed by atoms with Crippen LogP contribution in [0.3, 0.4) is 0 Å². The first kappa shape index (κ1) is 21.7. The summed E-state index contributed by atoms with van der Waals surface area (Å²) in [6.45, 7) is 1.80. The molecule has 0 unspecified atom stereocenters. The molecule has 0 heterocycles. The predicted octanol–water partition coefficient (Wildman–Crippen LogP) is 2.51. The van der Waals surface area contributed by atoms with Gasteiger partial charge in [0.25, 0.3) is 0 Å². The third-order valence-electron chi connectivity index (χ3n) is 4.51. The van der Waals surface area contributed by atoms with Gasteiger partial charge in [-0.1, -0.05) is 30.3 Å². The van der Waals surface area contributed by atoms with Crippen LogP contribution in [0.4, 0.5) is 0 Å². The van der Waals surface area contributed by atoms with Crippen LogP contribution in [0.1, 0.15) is 30.1 Å². The van der Waals surface area contributed by atoms with E-state index < -0.39 is 28.0 Å². The van der Waals surface area contributed by atoms with Gasteiger partial charge in [0.1, 0.15) is 17.5 Å². The maximum atomic E-state index is 13.1. The van der Waals surface area contributed by atoms with Crippen LogP contribution in [0.5, 0.6) is 11.5 Å². The first-order chi connectivity index (χ1) is 13.2. The van der Waals surface area contributed by atoms with Gasteiger partial charge < -0.3 is 14.8 Å². The summed E-state index contributed by atoms with van der Waals surface area (Å²) in [6.07, 6.45) is 1.07. The quantitative estimate of drug-likeness (QED) is 0.728. The standard InChI is InChI=1S/C20H26N2O5S/c1-14(17-13-16(26-3)11-12-18(17)27-4)21-20(23)19(22(2)28(5,24)25)15-9-7-6-8-10-15/h6-14,19H,1-5H3,(H,21,23)/t14-,19-/m0/s1. The van der Waals surface area contributed by atoms with E-state index in [0.717, 1.165) is 16.1 Å². The highest BCUT2D eigenvalue weighted by Crippen LogP contribution is 2.30. The van der Waals surface area contributed by atoms with E-state index in [0.29, 0.717) is 17.1 Å². The van der Waals surface area contributed by atoms with E-state index in [1.807, 2.05) is 6.07 Å². The number of nitrogens with one attached hydrogen (secondary N) is 1. The molecule has 0 aromatic heterocycles. The number of likely N-dealkylation sites (N-methyl/N-ethyl adjacent to an activating group) is 1. The van der Waals surface area contributed by atoms with Crippen LogP contribution in [0.15, 0.2) is 48.5 Å². The molecular formula is C20H26N2O5S. The van der Waals surface area contributed by atoms with E-state index in [-0.39, 0.29) is 0 Å². The van der Waals surface area contributed by atoms with Crippen LogP contribution < -0.4 is 14.8 Å². The Morgan fingerprint density at radius 2 is 1.71 bits per heavy atom. The minimum atomic E-state index is -3.59. The van der Waals surface area contributed by atoms with Gasteiger partial charge in [-0.2, -0.15) is 4.31 Å². The first-order valence-corrected chi connectivity index (χ1v) is 10.5. The second-order valence-corrected chi connectivity index (χ2v) is 8.47. The number of hydrogen-bond donors (Lipinski definition) is 1. The number of methoxy groups -OCH3 is 2. The maximum absolute atomic E-state index is 13.1.